The van der Waals surface area contributed by atoms with Crippen molar-refractivity contribution in [3.05, 3.63) is 33.8 Å². The second-order valence-corrected chi connectivity index (χ2v) is 3.05. The van der Waals surface area contributed by atoms with Crippen LogP contribution in [0.25, 0.3) is 0 Å². The highest BCUT2D eigenvalue weighted by atomic mass is 35.5. The zero-order chi connectivity index (χ0) is 8.97. The van der Waals surface area contributed by atoms with Gasteiger partial charge in [-0.3, -0.25) is 0 Å². The second-order valence-electron chi connectivity index (χ2n) is 2.18. The van der Waals surface area contributed by atoms with E-state index in [4.69, 9.17) is 28.0 Å². The number of oxime groups is 1. The fourth-order valence-electron chi connectivity index (χ4n) is 0.814. The van der Waals surface area contributed by atoms with E-state index in [1.54, 1.807) is 18.2 Å². The lowest BCUT2D eigenvalue weighted by atomic mass is 10.2. The summed E-state index contributed by atoms with van der Waals surface area (Å²) in [4.78, 5) is 4.73. The molecule has 0 amide bonds. The van der Waals surface area contributed by atoms with Crippen LogP contribution in [-0.4, -0.2) is 6.72 Å². The van der Waals surface area contributed by atoms with Gasteiger partial charge < -0.3 is 4.84 Å². The van der Waals surface area contributed by atoms with E-state index in [0.717, 1.165) is 5.56 Å². The summed E-state index contributed by atoms with van der Waals surface area (Å²) in [5, 5.41) is 4.43. The first kappa shape index (κ1) is 9.36. The Morgan fingerprint density at radius 3 is 2.33 bits per heavy atom. The third-order valence-corrected chi connectivity index (χ3v) is 1.68. The van der Waals surface area contributed by atoms with Crippen molar-refractivity contribution in [3.8, 4) is 0 Å². The Morgan fingerprint density at radius 2 is 1.83 bits per heavy atom. The lowest BCUT2D eigenvalue weighted by molar-refractivity contribution is 0.133. The molecule has 0 radical (unpaired) electrons. The second kappa shape index (κ2) is 4.33. The third-order valence-electron chi connectivity index (χ3n) is 1.24. The highest BCUT2D eigenvalue weighted by Crippen LogP contribution is 2.19. The van der Waals surface area contributed by atoms with E-state index in [1.165, 1.54) is 0 Å². The monoisotopic (exact) mass is 203 g/mol. The zero-order valence-corrected chi connectivity index (χ0v) is 7.77. The molecule has 2 nitrogen and oxygen atoms in total. The smallest absolute Gasteiger partial charge is 0.142 e. The van der Waals surface area contributed by atoms with Crippen molar-refractivity contribution in [2.75, 3.05) is 0 Å². The molecule has 0 saturated carbocycles. The third kappa shape index (κ3) is 2.72. The maximum atomic E-state index is 5.74. The van der Waals surface area contributed by atoms with Gasteiger partial charge in [0, 0.05) is 16.8 Å². The average Bonchev–Trinajstić information content (AvgIpc) is 1.99. The predicted octanol–water partition coefficient (Wildman–Crippen LogP) is 3.13. The van der Waals surface area contributed by atoms with E-state index in [-0.39, 0.29) is 0 Å². The quantitative estimate of drug-likeness (QED) is 0.547. The van der Waals surface area contributed by atoms with Gasteiger partial charge >= 0.3 is 0 Å². The fourth-order valence-corrected chi connectivity index (χ4v) is 1.39. The molecule has 0 aliphatic carbocycles. The molecule has 1 aromatic carbocycles. The molecule has 1 rings (SSSR count). The molecule has 0 atom stereocenters. The van der Waals surface area contributed by atoms with Crippen LogP contribution in [0.3, 0.4) is 0 Å². The van der Waals surface area contributed by atoms with Crippen LogP contribution in [-0.2, 0) is 11.4 Å². The summed E-state index contributed by atoms with van der Waals surface area (Å²) in [6, 6.07) is 5.19. The number of hydrogen-bond donors (Lipinski definition) is 0. The molecule has 0 fully saturated rings. The van der Waals surface area contributed by atoms with Crippen molar-refractivity contribution in [2.45, 2.75) is 6.61 Å². The van der Waals surface area contributed by atoms with Crippen LogP contribution in [0.1, 0.15) is 5.56 Å². The number of rotatable bonds is 3. The Kier molecular flexibility index (Phi) is 3.38. The standard InChI is InChI=1S/C8H7Cl2NO/c1-11-12-5-6-2-7(9)4-8(10)3-6/h2-4H,1,5H2. The highest BCUT2D eigenvalue weighted by molar-refractivity contribution is 6.34. The van der Waals surface area contributed by atoms with Gasteiger partial charge in [0.05, 0.1) is 0 Å². The molecule has 0 heterocycles. The average molecular weight is 204 g/mol. The molecule has 12 heavy (non-hydrogen) atoms. The van der Waals surface area contributed by atoms with Crippen LogP contribution >= 0.6 is 23.2 Å². The van der Waals surface area contributed by atoms with Gasteiger partial charge in [-0.25, -0.2) is 0 Å². The van der Waals surface area contributed by atoms with E-state index in [9.17, 15) is 0 Å². The number of halogens is 2. The Morgan fingerprint density at radius 1 is 1.25 bits per heavy atom. The number of benzene rings is 1. The maximum Gasteiger partial charge on any atom is 0.142 e. The first-order valence-corrected chi connectivity index (χ1v) is 4.01. The largest absolute Gasteiger partial charge is 0.391 e. The molecule has 0 bridgehead atoms. The first-order chi connectivity index (χ1) is 5.72. The molecule has 0 aliphatic rings. The first-order valence-electron chi connectivity index (χ1n) is 3.25. The minimum atomic E-state index is 0.337. The molecular formula is C8H7Cl2NO. The van der Waals surface area contributed by atoms with Gasteiger partial charge in [0.25, 0.3) is 0 Å². The zero-order valence-electron chi connectivity index (χ0n) is 6.26. The SMILES string of the molecule is C=NOCc1cc(Cl)cc(Cl)c1. The maximum absolute atomic E-state index is 5.74. The van der Waals surface area contributed by atoms with Gasteiger partial charge in [0.15, 0.2) is 0 Å². The van der Waals surface area contributed by atoms with Crippen LogP contribution < -0.4 is 0 Å². The summed E-state index contributed by atoms with van der Waals surface area (Å²) >= 11 is 11.5. The van der Waals surface area contributed by atoms with Gasteiger partial charge in [-0.15, -0.1) is 5.16 Å². The van der Waals surface area contributed by atoms with Crippen LogP contribution in [0, 0.1) is 0 Å². The van der Waals surface area contributed by atoms with Gasteiger partial charge in [-0.1, -0.05) is 23.2 Å². The molecule has 64 valence electrons. The fraction of sp³-hybridized carbons (Fsp3) is 0.125. The molecule has 4 heteroatoms. The summed E-state index contributed by atoms with van der Waals surface area (Å²) in [6.07, 6.45) is 0. The Hall–Kier alpha value is -0.730. The molecule has 0 aromatic heterocycles. The van der Waals surface area contributed by atoms with Crippen molar-refractivity contribution >= 4 is 29.9 Å². The van der Waals surface area contributed by atoms with E-state index in [2.05, 4.69) is 11.9 Å². The van der Waals surface area contributed by atoms with Crippen molar-refractivity contribution < 1.29 is 4.84 Å². The molecule has 1 aromatic rings. The van der Waals surface area contributed by atoms with Crippen LogP contribution in [0.15, 0.2) is 23.4 Å². The number of hydrogen-bond acceptors (Lipinski definition) is 2. The van der Waals surface area contributed by atoms with Crippen molar-refractivity contribution in [1.82, 2.24) is 0 Å². The lowest BCUT2D eigenvalue weighted by Gasteiger charge is -2.00. The lowest BCUT2D eigenvalue weighted by Crippen LogP contribution is -1.86. The van der Waals surface area contributed by atoms with Crippen LogP contribution in [0.2, 0.25) is 10.0 Å². The molecule has 0 N–H and O–H groups in total. The van der Waals surface area contributed by atoms with Crippen LogP contribution in [0.5, 0.6) is 0 Å². The van der Waals surface area contributed by atoms with E-state index in [0.29, 0.717) is 16.7 Å². The van der Waals surface area contributed by atoms with E-state index < -0.39 is 0 Å². The molecule has 0 aliphatic heterocycles. The van der Waals surface area contributed by atoms with E-state index in [1.807, 2.05) is 0 Å². The summed E-state index contributed by atoms with van der Waals surface area (Å²) in [6.45, 7) is 3.52. The number of nitrogens with zero attached hydrogens (tertiary/aromatic N) is 1. The minimum absolute atomic E-state index is 0.337. The molecule has 0 unspecified atom stereocenters. The molecular weight excluding hydrogens is 197 g/mol. The summed E-state index contributed by atoms with van der Waals surface area (Å²) < 4.78 is 0. The summed E-state index contributed by atoms with van der Waals surface area (Å²) in [5.41, 5.74) is 0.875. The minimum Gasteiger partial charge on any atom is -0.391 e. The van der Waals surface area contributed by atoms with Gasteiger partial charge in [-0.05, 0) is 23.8 Å². The molecule has 0 saturated heterocycles. The van der Waals surface area contributed by atoms with Crippen LogP contribution in [0.4, 0.5) is 0 Å². The van der Waals surface area contributed by atoms with Gasteiger partial charge in [0.2, 0.25) is 0 Å². The summed E-state index contributed by atoms with van der Waals surface area (Å²) in [5.74, 6) is 0. The Balaban J connectivity index is 2.78. The van der Waals surface area contributed by atoms with Crippen molar-refractivity contribution in [2.24, 2.45) is 5.16 Å². The van der Waals surface area contributed by atoms with Gasteiger partial charge in [0.1, 0.15) is 6.61 Å². The van der Waals surface area contributed by atoms with E-state index >= 15 is 0 Å². The molecule has 0 spiro atoms. The summed E-state index contributed by atoms with van der Waals surface area (Å²) in [7, 11) is 0. The topological polar surface area (TPSA) is 21.6 Å². The highest BCUT2D eigenvalue weighted by Gasteiger charge is 1.97. The Bertz CT molecular complexity index is 268. The Labute approximate surface area is 80.7 Å². The normalized spacial score (nSPS) is 9.50. The van der Waals surface area contributed by atoms with Gasteiger partial charge in [-0.2, -0.15) is 0 Å². The van der Waals surface area contributed by atoms with Crippen molar-refractivity contribution in [1.29, 1.82) is 0 Å². The predicted molar refractivity (Wildman–Crippen MR) is 50.8 cm³/mol. The van der Waals surface area contributed by atoms with Crippen molar-refractivity contribution in [3.63, 3.8) is 0 Å².